The fourth-order valence-corrected chi connectivity index (χ4v) is 4.49. The Kier molecular flexibility index (Phi) is 5.65. The average molecular weight is 520 g/mol. The van der Waals surface area contributed by atoms with Crippen LogP contribution in [0.1, 0.15) is 52.2 Å². The summed E-state index contributed by atoms with van der Waals surface area (Å²) in [4.78, 5) is 31.2. The van der Waals surface area contributed by atoms with Crippen LogP contribution in [0.5, 0.6) is 5.75 Å². The van der Waals surface area contributed by atoms with E-state index in [0.29, 0.717) is 65.1 Å². The summed E-state index contributed by atoms with van der Waals surface area (Å²) in [5.41, 5.74) is 8.26. The number of amides is 1. The van der Waals surface area contributed by atoms with E-state index < -0.39 is 0 Å². The van der Waals surface area contributed by atoms with Crippen LogP contribution in [0.2, 0.25) is 0 Å². The molecule has 5 heterocycles. The normalized spacial score (nSPS) is 16.1. The van der Waals surface area contributed by atoms with Crippen molar-refractivity contribution in [1.82, 2.24) is 39.8 Å². The van der Waals surface area contributed by atoms with Crippen molar-refractivity contribution in [3.8, 4) is 28.5 Å². The Morgan fingerprint density at radius 2 is 1.87 bits per heavy atom. The molecule has 1 saturated carbocycles. The van der Waals surface area contributed by atoms with Gasteiger partial charge in [-0.25, -0.2) is 29.4 Å². The molecule has 1 aliphatic heterocycles. The van der Waals surface area contributed by atoms with Crippen LogP contribution >= 0.6 is 0 Å². The van der Waals surface area contributed by atoms with Crippen LogP contribution in [0.3, 0.4) is 0 Å². The van der Waals surface area contributed by atoms with E-state index in [1.54, 1.807) is 24.2 Å². The molecule has 0 aromatic carbocycles. The van der Waals surface area contributed by atoms with Gasteiger partial charge in [0.25, 0.3) is 0 Å². The first-order valence-electron chi connectivity index (χ1n) is 12.6. The SMILES string of the molecule is CCOC(=O)N1CC(Oc2cnc(-c3c(-c4nn(C(C)(C)C)c5ncnc(N)c45)noc3C3CC3)nc2)C1. The Hall–Kier alpha value is -4.29. The number of nitrogen functional groups attached to an aromatic ring is 1. The molecule has 4 aromatic heterocycles. The van der Waals surface area contributed by atoms with Crippen LogP contribution in [-0.4, -0.2) is 71.7 Å². The summed E-state index contributed by atoms with van der Waals surface area (Å²) >= 11 is 0. The molecule has 2 N–H and O–H groups in total. The molecule has 1 saturated heterocycles. The second-order valence-electron chi connectivity index (χ2n) is 10.5. The number of carbonyl (C=O) groups is 1. The highest BCUT2D eigenvalue weighted by molar-refractivity contribution is 6.00. The highest BCUT2D eigenvalue weighted by Crippen LogP contribution is 2.48. The number of nitrogens with two attached hydrogens (primary N) is 1. The van der Waals surface area contributed by atoms with Crippen molar-refractivity contribution in [2.75, 3.05) is 25.4 Å². The van der Waals surface area contributed by atoms with Gasteiger partial charge in [0.05, 0.1) is 48.6 Å². The second kappa shape index (κ2) is 8.92. The summed E-state index contributed by atoms with van der Waals surface area (Å²) in [5.74, 6) is 2.25. The lowest BCUT2D eigenvalue weighted by atomic mass is 10.1. The molecule has 198 valence electrons. The van der Waals surface area contributed by atoms with Gasteiger partial charge in [-0.1, -0.05) is 5.16 Å². The van der Waals surface area contributed by atoms with Gasteiger partial charge in [0.15, 0.2) is 23.0 Å². The topological polar surface area (TPSA) is 160 Å². The van der Waals surface area contributed by atoms with Gasteiger partial charge in [0.2, 0.25) is 0 Å². The molecule has 1 aliphatic carbocycles. The minimum atomic E-state index is -0.361. The predicted octanol–water partition coefficient (Wildman–Crippen LogP) is 3.37. The number of anilines is 1. The molecule has 0 radical (unpaired) electrons. The van der Waals surface area contributed by atoms with Crippen molar-refractivity contribution < 1.29 is 18.8 Å². The maximum Gasteiger partial charge on any atom is 0.410 e. The van der Waals surface area contributed by atoms with E-state index in [-0.39, 0.29) is 23.7 Å². The first kappa shape index (κ1) is 24.1. The maximum atomic E-state index is 11.8. The predicted molar refractivity (Wildman–Crippen MR) is 136 cm³/mol. The zero-order valence-electron chi connectivity index (χ0n) is 21.7. The fourth-order valence-electron chi connectivity index (χ4n) is 4.49. The molecular formula is C25H29N9O4. The van der Waals surface area contributed by atoms with Crippen LogP contribution in [0.15, 0.2) is 23.2 Å². The molecule has 13 heteroatoms. The Morgan fingerprint density at radius 1 is 1.13 bits per heavy atom. The number of aromatic nitrogens is 7. The number of hydrogen-bond acceptors (Lipinski definition) is 11. The van der Waals surface area contributed by atoms with Crippen molar-refractivity contribution in [2.45, 2.75) is 58.1 Å². The number of likely N-dealkylation sites (tertiary alicyclic amines) is 1. The molecule has 0 unspecified atom stereocenters. The first-order chi connectivity index (χ1) is 18.2. The minimum absolute atomic E-state index is 0.141. The zero-order chi connectivity index (χ0) is 26.6. The number of ether oxygens (including phenoxy) is 2. The van der Waals surface area contributed by atoms with Crippen LogP contribution in [-0.2, 0) is 10.3 Å². The lowest BCUT2D eigenvalue weighted by Crippen LogP contribution is -2.56. The Bertz CT molecular complexity index is 1500. The summed E-state index contributed by atoms with van der Waals surface area (Å²) in [6.45, 7) is 9.14. The highest BCUT2D eigenvalue weighted by Gasteiger charge is 2.37. The van der Waals surface area contributed by atoms with E-state index in [1.807, 2.05) is 25.5 Å². The number of hydrogen-bond donors (Lipinski definition) is 1. The summed E-state index contributed by atoms with van der Waals surface area (Å²) in [7, 11) is 0. The van der Waals surface area contributed by atoms with Crippen LogP contribution in [0.25, 0.3) is 33.8 Å². The molecule has 2 fully saturated rings. The standard InChI is InChI=1S/C25H29N9O4/c1-5-36-24(35)33-10-15(11-33)37-14-8-27-22(28-9-14)16-19(32-38-20(16)13-6-7-13)18-17-21(26)29-12-30-23(17)34(31-18)25(2,3)4/h8-9,12-13,15H,5-7,10-11H2,1-4H3,(H2,26,29,30). The van der Waals surface area contributed by atoms with Gasteiger partial charge >= 0.3 is 6.09 Å². The number of carbonyl (C=O) groups excluding carboxylic acids is 1. The second-order valence-corrected chi connectivity index (χ2v) is 10.5. The zero-order valence-corrected chi connectivity index (χ0v) is 21.7. The van der Waals surface area contributed by atoms with E-state index in [0.717, 1.165) is 18.6 Å². The van der Waals surface area contributed by atoms with Crippen molar-refractivity contribution in [2.24, 2.45) is 0 Å². The van der Waals surface area contributed by atoms with Crippen LogP contribution < -0.4 is 10.5 Å². The van der Waals surface area contributed by atoms with E-state index in [2.05, 4.69) is 25.1 Å². The molecule has 2 aliphatic rings. The monoisotopic (exact) mass is 519 g/mol. The molecule has 0 atom stereocenters. The van der Waals surface area contributed by atoms with Crippen molar-refractivity contribution in [3.63, 3.8) is 0 Å². The lowest BCUT2D eigenvalue weighted by molar-refractivity contribution is 0.0124. The molecule has 13 nitrogen and oxygen atoms in total. The average Bonchev–Trinajstić information content (AvgIpc) is 3.47. The quantitative estimate of drug-likeness (QED) is 0.398. The Labute approximate surface area is 218 Å². The third-order valence-electron chi connectivity index (χ3n) is 6.55. The van der Waals surface area contributed by atoms with Gasteiger partial charge < -0.3 is 24.6 Å². The summed E-state index contributed by atoms with van der Waals surface area (Å²) in [6, 6.07) is 0. The van der Waals surface area contributed by atoms with Gasteiger partial charge in [-0.05, 0) is 40.5 Å². The summed E-state index contributed by atoms with van der Waals surface area (Å²) in [5, 5.41) is 9.90. The Morgan fingerprint density at radius 3 is 2.53 bits per heavy atom. The first-order valence-corrected chi connectivity index (χ1v) is 12.6. The van der Waals surface area contributed by atoms with Gasteiger partial charge in [-0.2, -0.15) is 5.10 Å². The number of nitrogens with zero attached hydrogens (tertiary/aromatic N) is 8. The van der Waals surface area contributed by atoms with Crippen molar-refractivity contribution in [1.29, 1.82) is 0 Å². The molecule has 1 amide bonds. The van der Waals surface area contributed by atoms with E-state index in [4.69, 9.17) is 24.8 Å². The number of rotatable bonds is 6. The van der Waals surface area contributed by atoms with Gasteiger partial charge in [0.1, 0.15) is 29.6 Å². The third kappa shape index (κ3) is 4.17. The molecule has 6 rings (SSSR count). The third-order valence-corrected chi connectivity index (χ3v) is 6.55. The highest BCUT2D eigenvalue weighted by atomic mass is 16.6. The van der Waals surface area contributed by atoms with Crippen LogP contribution in [0.4, 0.5) is 10.6 Å². The molecule has 0 spiro atoms. The van der Waals surface area contributed by atoms with Crippen molar-refractivity contribution in [3.05, 3.63) is 24.5 Å². The molecule has 38 heavy (non-hydrogen) atoms. The lowest BCUT2D eigenvalue weighted by Gasteiger charge is -2.37. The maximum absolute atomic E-state index is 11.8. The smallest absolute Gasteiger partial charge is 0.410 e. The summed E-state index contributed by atoms with van der Waals surface area (Å²) in [6.07, 6.45) is 6.20. The molecular weight excluding hydrogens is 490 g/mol. The number of fused-ring (bicyclic) bond motifs is 1. The van der Waals surface area contributed by atoms with Crippen molar-refractivity contribution >= 4 is 22.9 Å². The minimum Gasteiger partial charge on any atom is -0.483 e. The largest absolute Gasteiger partial charge is 0.483 e. The fraction of sp³-hybridized carbons (Fsp3) is 0.480. The van der Waals surface area contributed by atoms with Gasteiger partial charge in [-0.3, -0.25) is 0 Å². The van der Waals surface area contributed by atoms with Gasteiger partial charge in [-0.15, -0.1) is 0 Å². The van der Waals surface area contributed by atoms with E-state index in [9.17, 15) is 4.79 Å². The van der Waals surface area contributed by atoms with Crippen LogP contribution in [0, 0.1) is 0 Å². The Balaban J connectivity index is 1.34. The summed E-state index contributed by atoms with van der Waals surface area (Å²) < 4.78 is 18.6. The van der Waals surface area contributed by atoms with Gasteiger partial charge in [0, 0.05) is 5.92 Å². The molecule has 0 bridgehead atoms. The van der Waals surface area contributed by atoms with E-state index >= 15 is 0 Å². The molecule has 4 aromatic rings. The van der Waals surface area contributed by atoms with E-state index in [1.165, 1.54) is 6.33 Å².